The van der Waals surface area contributed by atoms with Gasteiger partial charge in [-0.05, 0) is 75.7 Å². The number of amides is 1. The number of piperidine rings is 2. The lowest BCUT2D eigenvalue weighted by molar-refractivity contribution is -0.140. The molecule has 0 saturated carbocycles. The highest BCUT2D eigenvalue weighted by molar-refractivity contribution is 5.85. The number of halogens is 1. The number of benzene rings is 1. The molecule has 2 fully saturated rings. The molecule has 1 amide bonds. The van der Waals surface area contributed by atoms with Crippen molar-refractivity contribution in [3.63, 3.8) is 0 Å². The van der Waals surface area contributed by atoms with E-state index in [1.54, 1.807) is 0 Å². The van der Waals surface area contributed by atoms with Gasteiger partial charge in [-0.1, -0.05) is 18.2 Å². The summed E-state index contributed by atoms with van der Waals surface area (Å²) in [6.45, 7) is 7.27. The minimum atomic E-state index is 0. The van der Waals surface area contributed by atoms with Crippen LogP contribution in [0.5, 0.6) is 0 Å². The summed E-state index contributed by atoms with van der Waals surface area (Å²) in [4.78, 5) is 15.2. The molecule has 0 aromatic heterocycles. The maximum Gasteiger partial charge on any atom is 0.226 e. The minimum Gasteiger partial charge on any atom is -0.335 e. The SMILES string of the molecule is Cc1cccc(C2CCCCN2C(=O)C2CCNCC2)c1C.Cl. The number of likely N-dealkylation sites (tertiary alicyclic amines) is 1. The van der Waals surface area contributed by atoms with Gasteiger partial charge in [0, 0.05) is 12.5 Å². The molecule has 3 rings (SSSR count). The molecular weight excluding hydrogens is 308 g/mol. The second-order valence-corrected chi connectivity index (χ2v) is 6.86. The first-order valence-corrected chi connectivity index (χ1v) is 8.76. The Morgan fingerprint density at radius 3 is 2.61 bits per heavy atom. The molecule has 3 nitrogen and oxygen atoms in total. The standard InChI is InChI=1S/C19H28N2O.ClH/c1-14-6-5-7-17(15(14)2)18-8-3-4-13-21(18)19(22)16-9-11-20-12-10-16;/h5-7,16,18,20H,3-4,8-13H2,1-2H3;1H. The molecule has 1 aromatic rings. The largest absolute Gasteiger partial charge is 0.335 e. The third kappa shape index (κ3) is 3.89. The molecule has 0 spiro atoms. The lowest BCUT2D eigenvalue weighted by atomic mass is 9.88. The normalized spacial score (nSPS) is 22.5. The molecule has 1 N–H and O–H groups in total. The van der Waals surface area contributed by atoms with Crippen molar-refractivity contribution in [1.29, 1.82) is 0 Å². The van der Waals surface area contributed by atoms with Gasteiger partial charge in [0.05, 0.1) is 6.04 Å². The molecule has 1 atom stereocenters. The fourth-order valence-electron chi connectivity index (χ4n) is 3.96. The first kappa shape index (κ1) is 18.3. The monoisotopic (exact) mass is 336 g/mol. The van der Waals surface area contributed by atoms with Crippen LogP contribution in [0, 0.1) is 19.8 Å². The van der Waals surface area contributed by atoms with Crippen molar-refractivity contribution in [2.24, 2.45) is 5.92 Å². The van der Waals surface area contributed by atoms with Gasteiger partial charge in [-0.3, -0.25) is 4.79 Å². The zero-order chi connectivity index (χ0) is 15.5. The third-order valence-corrected chi connectivity index (χ3v) is 5.48. The maximum absolute atomic E-state index is 13.0. The molecule has 2 heterocycles. The summed E-state index contributed by atoms with van der Waals surface area (Å²) < 4.78 is 0. The van der Waals surface area contributed by atoms with E-state index in [4.69, 9.17) is 0 Å². The number of hydrogen-bond donors (Lipinski definition) is 1. The van der Waals surface area contributed by atoms with E-state index in [-0.39, 0.29) is 24.4 Å². The third-order valence-electron chi connectivity index (χ3n) is 5.48. The lowest BCUT2D eigenvalue weighted by Gasteiger charge is -2.39. The highest BCUT2D eigenvalue weighted by atomic mass is 35.5. The van der Waals surface area contributed by atoms with E-state index in [1.165, 1.54) is 23.1 Å². The Morgan fingerprint density at radius 2 is 1.87 bits per heavy atom. The fraction of sp³-hybridized carbons (Fsp3) is 0.632. The van der Waals surface area contributed by atoms with Crippen LogP contribution in [0.2, 0.25) is 0 Å². The molecule has 2 saturated heterocycles. The second-order valence-electron chi connectivity index (χ2n) is 6.86. The van der Waals surface area contributed by atoms with Gasteiger partial charge in [-0.15, -0.1) is 12.4 Å². The van der Waals surface area contributed by atoms with Crippen molar-refractivity contribution < 1.29 is 4.79 Å². The number of rotatable bonds is 2. The maximum atomic E-state index is 13.0. The first-order chi connectivity index (χ1) is 10.7. The van der Waals surface area contributed by atoms with E-state index < -0.39 is 0 Å². The average Bonchev–Trinajstić information content (AvgIpc) is 2.57. The molecule has 1 aromatic carbocycles. The van der Waals surface area contributed by atoms with E-state index in [0.717, 1.165) is 45.3 Å². The van der Waals surface area contributed by atoms with Gasteiger partial charge < -0.3 is 10.2 Å². The summed E-state index contributed by atoms with van der Waals surface area (Å²) in [6.07, 6.45) is 5.48. The molecule has 2 aliphatic heterocycles. The summed E-state index contributed by atoms with van der Waals surface area (Å²) in [5.74, 6) is 0.624. The summed E-state index contributed by atoms with van der Waals surface area (Å²) >= 11 is 0. The van der Waals surface area contributed by atoms with Crippen LogP contribution in [0.25, 0.3) is 0 Å². The molecule has 2 aliphatic rings. The zero-order valence-corrected chi connectivity index (χ0v) is 15.1. The van der Waals surface area contributed by atoms with E-state index in [1.807, 2.05) is 0 Å². The lowest BCUT2D eigenvalue weighted by Crippen LogP contribution is -2.45. The van der Waals surface area contributed by atoms with Crippen LogP contribution < -0.4 is 5.32 Å². The van der Waals surface area contributed by atoms with Crippen LogP contribution in [0.1, 0.15) is 54.8 Å². The Morgan fingerprint density at radius 1 is 1.13 bits per heavy atom. The van der Waals surface area contributed by atoms with Crippen molar-refractivity contribution in [2.75, 3.05) is 19.6 Å². The summed E-state index contributed by atoms with van der Waals surface area (Å²) in [5, 5.41) is 3.36. The van der Waals surface area contributed by atoms with Crippen LogP contribution >= 0.6 is 12.4 Å². The molecular formula is C19H29ClN2O. The molecule has 23 heavy (non-hydrogen) atoms. The fourth-order valence-corrected chi connectivity index (χ4v) is 3.96. The van der Waals surface area contributed by atoms with Crippen LogP contribution in [0.3, 0.4) is 0 Å². The number of nitrogens with zero attached hydrogens (tertiary/aromatic N) is 1. The Balaban J connectivity index is 0.00000192. The van der Waals surface area contributed by atoms with E-state index in [2.05, 4.69) is 42.3 Å². The van der Waals surface area contributed by atoms with Crippen molar-refractivity contribution in [1.82, 2.24) is 10.2 Å². The Hall–Kier alpha value is -1.06. The minimum absolute atomic E-state index is 0. The van der Waals surface area contributed by atoms with Gasteiger partial charge in [0.25, 0.3) is 0 Å². The van der Waals surface area contributed by atoms with Gasteiger partial charge in [-0.2, -0.15) is 0 Å². The molecule has 0 aliphatic carbocycles. The zero-order valence-electron chi connectivity index (χ0n) is 14.3. The number of nitrogens with one attached hydrogen (secondary N) is 1. The number of carbonyl (C=O) groups excluding carboxylic acids is 1. The van der Waals surface area contributed by atoms with E-state index in [0.29, 0.717) is 5.91 Å². The molecule has 0 radical (unpaired) electrons. The van der Waals surface area contributed by atoms with Crippen LogP contribution in [-0.2, 0) is 4.79 Å². The Kier molecular flexibility index (Phi) is 6.49. The summed E-state index contributed by atoms with van der Waals surface area (Å²) in [5.41, 5.74) is 4.05. The van der Waals surface area contributed by atoms with Crippen LogP contribution in [0.15, 0.2) is 18.2 Å². The summed E-state index contributed by atoms with van der Waals surface area (Å²) in [7, 11) is 0. The Labute approximate surface area is 146 Å². The highest BCUT2D eigenvalue weighted by Crippen LogP contribution is 2.35. The van der Waals surface area contributed by atoms with Crippen LogP contribution in [0.4, 0.5) is 0 Å². The number of hydrogen-bond acceptors (Lipinski definition) is 2. The van der Waals surface area contributed by atoms with Gasteiger partial charge in [0.2, 0.25) is 5.91 Å². The predicted molar refractivity (Wildman–Crippen MR) is 97.1 cm³/mol. The topological polar surface area (TPSA) is 32.3 Å². The van der Waals surface area contributed by atoms with Crippen molar-refractivity contribution in [3.05, 3.63) is 34.9 Å². The average molecular weight is 337 g/mol. The predicted octanol–water partition coefficient (Wildman–Crippen LogP) is 3.78. The number of aryl methyl sites for hydroxylation is 1. The van der Waals surface area contributed by atoms with Crippen molar-refractivity contribution >= 4 is 18.3 Å². The highest BCUT2D eigenvalue weighted by Gasteiger charge is 2.33. The van der Waals surface area contributed by atoms with Gasteiger partial charge in [-0.25, -0.2) is 0 Å². The Bertz CT molecular complexity index is 540. The second kappa shape index (κ2) is 8.16. The molecule has 1 unspecified atom stereocenters. The van der Waals surface area contributed by atoms with Gasteiger partial charge in [0.15, 0.2) is 0 Å². The van der Waals surface area contributed by atoms with E-state index >= 15 is 0 Å². The summed E-state index contributed by atoms with van der Waals surface area (Å²) in [6, 6.07) is 6.82. The molecule has 0 bridgehead atoms. The quantitative estimate of drug-likeness (QED) is 0.891. The molecule has 128 valence electrons. The number of carbonyl (C=O) groups is 1. The molecule has 4 heteroatoms. The van der Waals surface area contributed by atoms with Crippen molar-refractivity contribution in [3.8, 4) is 0 Å². The first-order valence-electron chi connectivity index (χ1n) is 8.76. The van der Waals surface area contributed by atoms with Gasteiger partial charge in [0.1, 0.15) is 0 Å². The smallest absolute Gasteiger partial charge is 0.226 e. The van der Waals surface area contributed by atoms with Crippen LogP contribution in [-0.4, -0.2) is 30.4 Å². The van der Waals surface area contributed by atoms with Gasteiger partial charge >= 0.3 is 0 Å². The van der Waals surface area contributed by atoms with E-state index in [9.17, 15) is 4.79 Å². The van der Waals surface area contributed by atoms with Crippen molar-refractivity contribution in [2.45, 2.75) is 52.0 Å².